The molecule has 0 saturated carbocycles. The number of nitrogens with one attached hydrogen (secondary N) is 2. The maximum atomic E-state index is 12.9. The first kappa shape index (κ1) is 19.8. The summed E-state index contributed by atoms with van der Waals surface area (Å²) in [6.45, 7) is 3.95. The van der Waals surface area contributed by atoms with E-state index in [1.54, 1.807) is 25.3 Å². The molecule has 2 aromatic carbocycles. The minimum atomic E-state index is -0.284. The Morgan fingerprint density at radius 2 is 2.07 bits per heavy atom. The van der Waals surface area contributed by atoms with Gasteiger partial charge in [-0.2, -0.15) is 4.52 Å². The van der Waals surface area contributed by atoms with Gasteiger partial charge in [-0.3, -0.25) is 9.59 Å². The Balaban J connectivity index is 1.73. The van der Waals surface area contributed by atoms with Crippen molar-refractivity contribution in [2.24, 2.45) is 0 Å². The van der Waals surface area contributed by atoms with Crippen LogP contribution in [-0.2, 0) is 0 Å². The standard InChI is InChI=1S/C21H21N5O3S/c1-4-12(2)22-18(27)13-9-10-14-16(11-13)24-21-26(19(14)28)25-20(30-21)23-15-7-5-6-8-17(15)29-3/h5-12H,4H2,1-3H3,(H,22,27)(H,23,25)/t12-/m0/s1. The third kappa shape index (κ3) is 3.71. The lowest BCUT2D eigenvalue weighted by atomic mass is 10.1. The number of hydrogen-bond acceptors (Lipinski definition) is 7. The van der Waals surface area contributed by atoms with Gasteiger partial charge in [0.15, 0.2) is 0 Å². The summed E-state index contributed by atoms with van der Waals surface area (Å²) in [5.41, 5.74) is 1.38. The van der Waals surface area contributed by atoms with Crippen LogP contribution >= 0.6 is 11.3 Å². The molecule has 0 aliphatic carbocycles. The predicted octanol–water partition coefficient (Wildman–Crippen LogP) is 3.58. The zero-order valence-electron chi connectivity index (χ0n) is 16.8. The first-order chi connectivity index (χ1) is 14.5. The summed E-state index contributed by atoms with van der Waals surface area (Å²) >= 11 is 1.24. The quantitative estimate of drug-likeness (QED) is 0.492. The molecule has 0 bridgehead atoms. The summed E-state index contributed by atoms with van der Waals surface area (Å²) in [4.78, 5) is 30.3. The van der Waals surface area contributed by atoms with Crippen molar-refractivity contribution in [1.29, 1.82) is 0 Å². The molecule has 4 rings (SSSR count). The number of ether oxygens (including phenoxy) is 1. The molecule has 1 atom stereocenters. The van der Waals surface area contributed by atoms with Crippen LogP contribution in [0.25, 0.3) is 15.9 Å². The molecule has 0 aliphatic heterocycles. The molecule has 30 heavy (non-hydrogen) atoms. The van der Waals surface area contributed by atoms with Crippen LogP contribution in [0.5, 0.6) is 5.75 Å². The van der Waals surface area contributed by atoms with Crippen LogP contribution in [0.15, 0.2) is 47.3 Å². The molecule has 2 N–H and O–H groups in total. The van der Waals surface area contributed by atoms with Gasteiger partial charge >= 0.3 is 0 Å². The molecule has 0 aliphatic rings. The van der Waals surface area contributed by atoms with Crippen molar-refractivity contribution < 1.29 is 9.53 Å². The minimum absolute atomic E-state index is 0.0689. The van der Waals surface area contributed by atoms with Crippen molar-refractivity contribution in [2.75, 3.05) is 12.4 Å². The molecule has 154 valence electrons. The number of benzene rings is 2. The highest BCUT2D eigenvalue weighted by Gasteiger charge is 2.15. The number of methoxy groups -OCH3 is 1. The Bertz CT molecular complexity index is 1300. The maximum Gasteiger partial charge on any atom is 0.283 e. The van der Waals surface area contributed by atoms with Gasteiger partial charge in [-0.25, -0.2) is 4.98 Å². The fourth-order valence-corrected chi connectivity index (χ4v) is 3.78. The van der Waals surface area contributed by atoms with E-state index < -0.39 is 0 Å². The van der Waals surface area contributed by atoms with Gasteiger partial charge in [0.05, 0.1) is 23.7 Å². The molecule has 2 heterocycles. The van der Waals surface area contributed by atoms with Crippen LogP contribution in [0.3, 0.4) is 0 Å². The zero-order valence-corrected chi connectivity index (χ0v) is 17.6. The summed E-state index contributed by atoms with van der Waals surface area (Å²) in [6.07, 6.45) is 0.836. The Morgan fingerprint density at radius 1 is 1.27 bits per heavy atom. The third-order valence-electron chi connectivity index (χ3n) is 4.80. The number of carbonyl (C=O) groups is 1. The molecule has 2 aromatic heterocycles. The van der Waals surface area contributed by atoms with E-state index >= 15 is 0 Å². The number of amides is 1. The highest BCUT2D eigenvalue weighted by Crippen LogP contribution is 2.29. The number of nitrogens with zero attached hydrogens (tertiary/aromatic N) is 3. The average Bonchev–Trinajstić information content (AvgIpc) is 3.16. The summed E-state index contributed by atoms with van der Waals surface area (Å²) in [5, 5.41) is 11.4. The first-order valence-electron chi connectivity index (χ1n) is 9.54. The molecular formula is C21H21N5O3S. The van der Waals surface area contributed by atoms with Crippen molar-refractivity contribution in [2.45, 2.75) is 26.3 Å². The molecule has 0 unspecified atom stereocenters. The SMILES string of the molecule is CC[C@H](C)NC(=O)c1ccc2c(=O)n3nc(Nc4ccccc4OC)sc3nc2c1. The molecule has 8 nitrogen and oxygen atoms in total. The Morgan fingerprint density at radius 3 is 2.83 bits per heavy atom. The number of anilines is 2. The lowest BCUT2D eigenvalue weighted by Gasteiger charge is -2.11. The van der Waals surface area contributed by atoms with E-state index in [4.69, 9.17) is 4.74 Å². The number of fused-ring (bicyclic) bond motifs is 2. The summed E-state index contributed by atoms with van der Waals surface area (Å²) in [5.74, 6) is 0.482. The summed E-state index contributed by atoms with van der Waals surface area (Å²) < 4.78 is 6.61. The fraction of sp³-hybridized carbons (Fsp3) is 0.238. The molecule has 0 spiro atoms. The number of aromatic nitrogens is 3. The van der Waals surface area contributed by atoms with Crippen LogP contribution in [-0.4, -0.2) is 33.7 Å². The number of hydrogen-bond donors (Lipinski definition) is 2. The zero-order chi connectivity index (χ0) is 21.3. The molecular weight excluding hydrogens is 402 g/mol. The third-order valence-corrected chi connectivity index (χ3v) is 5.62. The second-order valence-electron chi connectivity index (χ2n) is 6.86. The van der Waals surface area contributed by atoms with Crippen molar-refractivity contribution in [3.05, 3.63) is 58.4 Å². The van der Waals surface area contributed by atoms with Gasteiger partial charge < -0.3 is 15.4 Å². The van der Waals surface area contributed by atoms with Crippen LogP contribution in [0.4, 0.5) is 10.8 Å². The first-order valence-corrected chi connectivity index (χ1v) is 10.4. The van der Waals surface area contributed by atoms with Gasteiger partial charge in [-0.15, -0.1) is 5.10 Å². The van der Waals surface area contributed by atoms with E-state index in [9.17, 15) is 9.59 Å². The van der Waals surface area contributed by atoms with Crippen molar-refractivity contribution >= 4 is 43.9 Å². The van der Waals surface area contributed by atoms with Crippen LogP contribution in [0.1, 0.15) is 30.6 Å². The molecule has 1 amide bonds. The van der Waals surface area contributed by atoms with Crippen LogP contribution in [0.2, 0.25) is 0 Å². The van der Waals surface area contributed by atoms with Crippen molar-refractivity contribution in [1.82, 2.24) is 19.9 Å². The van der Waals surface area contributed by atoms with E-state index in [1.165, 1.54) is 15.9 Å². The number of para-hydroxylation sites is 2. The molecule has 0 radical (unpaired) electrons. The lowest BCUT2D eigenvalue weighted by molar-refractivity contribution is 0.0939. The number of rotatable bonds is 6. The van der Waals surface area contributed by atoms with Gasteiger partial charge in [-0.05, 0) is 43.7 Å². The molecule has 0 fully saturated rings. The van der Waals surface area contributed by atoms with E-state index in [0.717, 1.165) is 12.1 Å². The summed E-state index contributed by atoms with van der Waals surface area (Å²) in [7, 11) is 1.59. The Hall–Kier alpha value is -3.46. The average molecular weight is 423 g/mol. The highest BCUT2D eigenvalue weighted by atomic mass is 32.1. The maximum absolute atomic E-state index is 12.9. The normalized spacial score (nSPS) is 12.1. The highest BCUT2D eigenvalue weighted by molar-refractivity contribution is 7.20. The predicted molar refractivity (Wildman–Crippen MR) is 118 cm³/mol. The largest absolute Gasteiger partial charge is 0.495 e. The lowest BCUT2D eigenvalue weighted by Crippen LogP contribution is -2.31. The topological polar surface area (TPSA) is 97.6 Å². The van der Waals surface area contributed by atoms with Crippen molar-refractivity contribution in [3.8, 4) is 5.75 Å². The van der Waals surface area contributed by atoms with E-state index in [0.29, 0.717) is 32.3 Å². The van der Waals surface area contributed by atoms with Gasteiger partial charge in [0.2, 0.25) is 10.1 Å². The second-order valence-corrected chi connectivity index (χ2v) is 7.81. The number of carbonyl (C=O) groups excluding carboxylic acids is 1. The molecule has 4 aromatic rings. The Kier molecular flexibility index (Phi) is 5.37. The fourth-order valence-electron chi connectivity index (χ4n) is 2.97. The van der Waals surface area contributed by atoms with Gasteiger partial charge in [0.1, 0.15) is 5.75 Å². The van der Waals surface area contributed by atoms with Crippen LogP contribution in [0, 0.1) is 0 Å². The van der Waals surface area contributed by atoms with Crippen LogP contribution < -0.4 is 20.9 Å². The smallest absolute Gasteiger partial charge is 0.283 e. The monoisotopic (exact) mass is 423 g/mol. The van der Waals surface area contributed by atoms with Crippen molar-refractivity contribution in [3.63, 3.8) is 0 Å². The molecule has 9 heteroatoms. The van der Waals surface area contributed by atoms with Gasteiger partial charge in [0, 0.05) is 11.6 Å². The van der Waals surface area contributed by atoms with E-state index in [1.807, 2.05) is 38.1 Å². The van der Waals surface area contributed by atoms with Gasteiger partial charge in [-0.1, -0.05) is 30.4 Å². The van der Waals surface area contributed by atoms with Gasteiger partial charge in [0.25, 0.3) is 11.5 Å². The minimum Gasteiger partial charge on any atom is -0.495 e. The summed E-state index contributed by atoms with van der Waals surface area (Å²) in [6, 6.07) is 12.4. The Labute approximate surface area is 176 Å². The second kappa shape index (κ2) is 8.11. The van der Waals surface area contributed by atoms with E-state index in [-0.39, 0.29) is 17.5 Å². The molecule has 0 saturated heterocycles. The van der Waals surface area contributed by atoms with E-state index in [2.05, 4.69) is 20.7 Å².